The van der Waals surface area contributed by atoms with E-state index in [4.69, 9.17) is 9.47 Å². The van der Waals surface area contributed by atoms with E-state index in [1.165, 1.54) is 19.1 Å². The van der Waals surface area contributed by atoms with Crippen molar-refractivity contribution in [2.45, 2.75) is 42.6 Å². The fraction of sp³-hybridized carbons (Fsp3) is 0.611. The number of urea groups is 1. The molecule has 144 valence electrons. The van der Waals surface area contributed by atoms with E-state index in [0.717, 1.165) is 32.1 Å². The predicted molar refractivity (Wildman–Crippen MR) is 99.7 cm³/mol. The second-order valence-electron chi connectivity index (χ2n) is 6.91. The molecule has 26 heavy (non-hydrogen) atoms. The van der Waals surface area contributed by atoms with E-state index in [9.17, 15) is 13.2 Å². The van der Waals surface area contributed by atoms with E-state index in [-0.39, 0.29) is 24.4 Å². The van der Waals surface area contributed by atoms with Crippen LogP contribution >= 0.6 is 0 Å². The maximum absolute atomic E-state index is 12.7. The minimum Gasteiger partial charge on any atom is -0.497 e. The number of sulfone groups is 1. The summed E-state index contributed by atoms with van der Waals surface area (Å²) in [7, 11) is -0.0712. The van der Waals surface area contributed by atoms with Crippen molar-refractivity contribution in [2.24, 2.45) is 0 Å². The highest BCUT2D eigenvalue weighted by molar-refractivity contribution is 7.92. The van der Waals surface area contributed by atoms with Crippen molar-refractivity contribution in [1.82, 2.24) is 4.90 Å². The Bertz CT molecular complexity index is 731. The van der Waals surface area contributed by atoms with Crippen LogP contribution < -0.4 is 14.8 Å². The lowest BCUT2D eigenvalue weighted by Crippen LogP contribution is -2.59. The molecule has 1 aliphatic carbocycles. The maximum Gasteiger partial charge on any atom is 0.321 e. The molecule has 1 N–H and O–H groups in total. The molecular formula is C18H26N2O5S. The molecule has 0 unspecified atom stereocenters. The van der Waals surface area contributed by atoms with Crippen molar-refractivity contribution in [3.8, 4) is 11.5 Å². The Morgan fingerprint density at radius 2 is 1.58 bits per heavy atom. The molecule has 2 fully saturated rings. The number of methoxy groups -OCH3 is 2. The molecule has 0 spiro atoms. The molecule has 7 nitrogen and oxygen atoms in total. The van der Waals surface area contributed by atoms with Crippen LogP contribution in [0.1, 0.15) is 32.1 Å². The van der Waals surface area contributed by atoms with Crippen molar-refractivity contribution in [3.63, 3.8) is 0 Å². The Balaban J connectivity index is 1.58. The fourth-order valence-corrected chi connectivity index (χ4v) is 5.87. The Labute approximate surface area is 154 Å². The molecule has 0 atom stereocenters. The van der Waals surface area contributed by atoms with Crippen LogP contribution in [0.15, 0.2) is 18.2 Å². The van der Waals surface area contributed by atoms with E-state index in [2.05, 4.69) is 5.32 Å². The SMILES string of the molecule is COc1cc(NC(=O)N2CC(S(=O)(=O)C3CCCCC3)C2)cc(OC)c1. The molecular weight excluding hydrogens is 356 g/mol. The first-order chi connectivity index (χ1) is 12.4. The van der Waals surface area contributed by atoms with Crippen LogP contribution in [-0.4, -0.2) is 57.2 Å². The largest absolute Gasteiger partial charge is 0.497 e. The Morgan fingerprint density at radius 1 is 1.00 bits per heavy atom. The second kappa shape index (κ2) is 7.73. The third kappa shape index (κ3) is 3.90. The quantitative estimate of drug-likeness (QED) is 0.846. The summed E-state index contributed by atoms with van der Waals surface area (Å²) in [6.07, 6.45) is 4.61. The number of carbonyl (C=O) groups is 1. The number of carbonyl (C=O) groups excluding carboxylic acids is 1. The first kappa shape index (κ1) is 18.8. The van der Waals surface area contributed by atoms with Crippen LogP contribution in [-0.2, 0) is 9.84 Å². The zero-order chi connectivity index (χ0) is 18.7. The highest BCUT2D eigenvalue weighted by Crippen LogP contribution is 2.31. The Morgan fingerprint density at radius 3 is 2.12 bits per heavy atom. The second-order valence-corrected chi connectivity index (χ2v) is 9.42. The summed E-state index contributed by atoms with van der Waals surface area (Å²) in [5.74, 6) is 1.14. The van der Waals surface area contributed by atoms with E-state index in [1.54, 1.807) is 18.2 Å². The topological polar surface area (TPSA) is 84.9 Å². The van der Waals surface area contributed by atoms with Gasteiger partial charge in [0, 0.05) is 37.0 Å². The third-order valence-corrected chi connectivity index (χ3v) is 7.85. The third-order valence-electron chi connectivity index (χ3n) is 5.22. The number of ether oxygens (including phenoxy) is 2. The van der Waals surface area contributed by atoms with Gasteiger partial charge in [-0.3, -0.25) is 0 Å². The molecule has 1 aliphatic heterocycles. The van der Waals surface area contributed by atoms with Gasteiger partial charge in [0.15, 0.2) is 9.84 Å². The van der Waals surface area contributed by atoms with Crippen molar-refractivity contribution in [3.05, 3.63) is 18.2 Å². The van der Waals surface area contributed by atoms with E-state index in [1.807, 2.05) is 0 Å². The highest BCUT2D eigenvalue weighted by atomic mass is 32.2. The van der Waals surface area contributed by atoms with Gasteiger partial charge < -0.3 is 19.7 Å². The van der Waals surface area contributed by atoms with Gasteiger partial charge in [0.05, 0.1) is 24.7 Å². The summed E-state index contributed by atoms with van der Waals surface area (Å²) in [4.78, 5) is 13.9. The van der Waals surface area contributed by atoms with Crippen LogP contribution in [0, 0.1) is 0 Å². The molecule has 2 aliphatic rings. The molecule has 1 heterocycles. The van der Waals surface area contributed by atoms with Crippen LogP contribution in [0.4, 0.5) is 10.5 Å². The van der Waals surface area contributed by atoms with Gasteiger partial charge in [0.2, 0.25) is 0 Å². The number of amides is 2. The first-order valence-corrected chi connectivity index (χ1v) is 10.6. The minimum absolute atomic E-state index is 0.228. The maximum atomic E-state index is 12.7. The molecule has 0 bridgehead atoms. The van der Waals surface area contributed by atoms with Gasteiger partial charge in [-0.1, -0.05) is 19.3 Å². The van der Waals surface area contributed by atoms with Gasteiger partial charge in [0.1, 0.15) is 11.5 Å². The van der Waals surface area contributed by atoms with E-state index >= 15 is 0 Å². The van der Waals surface area contributed by atoms with E-state index < -0.39 is 15.1 Å². The number of hydrogen-bond donors (Lipinski definition) is 1. The molecule has 8 heteroatoms. The summed E-state index contributed by atoms with van der Waals surface area (Å²) >= 11 is 0. The fourth-order valence-electron chi connectivity index (χ4n) is 3.56. The first-order valence-electron chi connectivity index (χ1n) is 8.95. The van der Waals surface area contributed by atoms with Crippen molar-refractivity contribution in [1.29, 1.82) is 0 Å². The monoisotopic (exact) mass is 382 g/mol. The number of benzene rings is 1. The molecule has 0 aromatic heterocycles. The van der Waals surface area contributed by atoms with Gasteiger partial charge >= 0.3 is 6.03 Å². The van der Waals surface area contributed by atoms with Crippen molar-refractivity contribution in [2.75, 3.05) is 32.6 Å². The van der Waals surface area contributed by atoms with Crippen LogP contribution in [0.3, 0.4) is 0 Å². The van der Waals surface area contributed by atoms with Gasteiger partial charge in [-0.15, -0.1) is 0 Å². The molecule has 1 saturated carbocycles. The van der Waals surface area contributed by atoms with Gasteiger partial charge in [-0.05, 0) is 12.8 Å². The molecule has 1 aromatic rings. The van der Waals surface area contributed by atoms with Crippen molar-refractivity contribution >= 4 is 21.6 Å². The zero-order valence-corrected chi connectivity index (χ0v) is 16.0. The molecule has 2 amide bonds. The molecule has 1 saturated heterocycles. The number of hydrogen-bond acceptors (Lipinski definition) is 5. The van der Waals surface area contributed by atoms with Crippen LogP contribution in [0.25, 0.3) is 0 Å². The average molecular weight is 382 g/mol. The van der Waals surface area contributed by atoms with Gasteiger partial charge in [-0.25, -0.2) is 13.2 Å². The molecule has 3 rings (SSSR count). The standard InChI is InChI=1S/C18H26N2O5S/c1-24-14-8-13(9-15(10-14)25-2)19-18(21)20-11-17(12-20)26(22,23)16-6-4-3-5-7-16/h8-10,16-17H,3-7,11-12H2,1-2H3,(H,19,21). The number of anilines is 1. The minimum atomic E-state index is -3.15. The van der Waals surface area contributed by atoms with Gasteiger partial charge in [0.25, 0.3) is 0 Å². The predicted octanol–water partition coefficient (Wildman–Crippen LogP) is 2.67. The molecule has 0 radical (unpaired) electrons. The summed E-state index contributed by atoms with van der Waals surface area (Å²) in [5, 5.41) is 2.12. The van der Waals surface area contributed by atoms with Crippen LogP contribution in [0.5, 0.6) is 11.5 Å². The van der Waals surface area contributed by atoms with Gasteiger partial charge in [-0.2, -0.15) is 0 Å². The zero-order valence-electron chi connectivity index (χ0n) is 15.2. The number of nitrogens with zero attached hydrogens (tertiary/aromatic N) is 1. The molecule has 1 aromatic carbocycles. The lowest BCUT2D eigenvalue weighted by atomic mass is 10.0. The average Bonchev–Trinajstić information content (AvgIpc) is 2.60. The summed E-state index contributed by atoms with van der Waals surface area (Å²) in [6.45, 7) is 0.511. The lowest BCUT2D eigenvalue weighted by Gasteiger charge is -2.40. The summed E-state index contributed by atoms with van der Waals surface area (Å²) in [6, 6.07) is 4.79. The number of nitrogens with one attached hydrogen (secondary N) is 1. The lowest BCUT2D eigenvalue weighted by molar-refractivity contribution is 0.182. The van der Waals surface area contributed by atoms with Crippen molar-refractivity contribution < 1.29 is 22.7 Å². The normalized spacial score (nSPS) is 18.9. The van der Waals surface area contributed by atoms with E-state index in [0.29, 0.717) is 17.2 Å². The Hall–Kier alpha value is -1.96. The summed E-state index contributed by atoms with van der Waals surface area (Å²) in [5.41, 5.74) is 0.546. The van der Waals surface area contributed by atoms with Crippen LogP contribution in [0.2, 0.25) is 0 Å². The number of likely N-dealkylation sites (tertiary alicyclic amines) is 1. The smallest absolute Gasteiger partial charge is 0.321 e. The summed E-state index contributed by atoms with van der Waals surface area (Å²) < 4.78 is 35.7. The number of rotatable bonds is 5. The Kier molecular flexibility index (Phi) is 5.60. The highest BCUT2D eigenvalue weighted by Gasteiger charge is 2.43.